The van der Waals surface area contributed by atoms with Crippen molar-refractivity contribution in [1.82, 2.24) is 4.90 Å². The Balaban J connectivity index is 1.83. The van der Waals surface area contributed by atoms with Gasteiger partial charge in [0.05, 0.1) is 5.60 Å². The number of aliphatic hydroxyl groups is 1. The molecule has 1 fully saturated rings. The Labute approximate surface area is 101 Å². The molecule has 0 amide bonds. The molecule has 0 bridgehead atoms. The van der Waals surface area contributed by atoms with Crippen LogP contribution in [-0.2, 0) is 0 Å². The fourth-order valence-corrected chi connectivity index (χ4v) is 2.46. The van der Waals surface area contributed by atoms with Gasteiger partial charge in [-0.05, 0) is 19.4 Å². The molecule has 1 heterocycles. The van der Waals surface area contributed by atoms with Crippen molar-refractivity contribution in [3.8, 4) is 0 Å². The molecule has 1 N–H and O–H groups in total. The molecule has 0 aromatic heterocycles. The normalized spacial score (nSPS) is 19.7. The van der Waals surface area contributed by atoms with Gasteiger partial charge in [0.25, 0.3) is 0 Å². The molecule has 0 atom stereocenters. The fraction of sp³-hybridized carbons (Fsp3) is 1.00. The highest BCUT2D eigenvalue weighted by molar-refractivity contribution is 4.93. The molecule has 0 aliphatic carbocycles. The van der Waals surface area contributed by atoms with Crippen LogP contribution in [0, 0.1) is 0 Å². The van der Waals surface area contributed by atoms with Crippen LogP contribution in [0.25, 0.3) is 0 Å². The van der Waals surface area contributed by atoms with Gasteiger partial charge < -0.3 is 5.11 Å². The molecule has 0 aromatic rings. The Hall–Kier alpha value is -0.0800. The van der Waals surface area contributed by atoms with Crippen molar-refractivity contribution in [2.75, 3.05) is 19.6 Å². The molecule has 2 heteroatoms. The van der Waals surface area contributed by atoms with E-state index in [0.717, 1.165) is 19.5 Å². The monoisotopic (exact) mass is 227 g/mol. The maximum absolute atomic E-state index is 9.85. The van der Waals surface area contributed by atoms with Crippen molar-refractivity contribution in [3.63, 3.8) is 0 Å². The Morgan fingerprint density at radius 2 is 1.50 bits per heavy atom. The van der Waals surface area contributed by atoms with E-state index < -0.39 is 0 Å². The molecule has 1 rings (SSSR count). The number of β-amino-alcohol motifs (C(OH)–C–C–N with tert-alkyl or cyclic N) is 1. The molecular formula is C14H29NO. The van der Waals surface area contributed by atoms with Gasteiger partial charge in [0.1, 0.15) is 0 Å². The lowest BCUT2D eigenvalue weighted by Crippen LogP contribution is -2.61. The summed E-state index contributed by atoms with van der Waals surface area (Å²) in [6.07, 6.45) is 10.5. The van der Waals surface area contributed by atoms with Crippen molar-refractivity contribution in [2.45, 2.75) is 70.8 Å². The number of hydrogen-bond donors (Lipinski definition) is 1. The molecule has 0 aromatic carbocycles. The number of unbranched alkanes of at least 4 members (excludes halogenated alkanes) is 6. The van der Waals surface area contributed by atoms with Crippen LogP contribution >= 0.6 is 0 Å². The number of hydrogen-bond acceptors (Lipinski definition) is 2. The van der Waals surface area contributed by atoms with E-state index in [1.165, 1.54) is 51.5 Å². The van der Waals surface area contributed by atoms with E-state index in [1.807, 2.05) is 0 Å². The summed E-state index contributed by atoms with van der Waals surface area (Å²) in [5.74, 6) is 0. The molecule has 96 valence electrons. The number of rotatable bonds is 9. The minimum absolute atomic E-state index is 0.346. The second-order valence-electron chi connectivity index (χ2n) is 5.41. The van der Waals surface area contributed by atoms with Crippen LogP contribution in [0.15, 0.2) is 0 Å². The molecular weight excluding hydrogens is 198 g/mol. The second kappa shape index (κ2) is 7.29. The third-order valence-electron chi connectivity index (χ3n) is 3.77. The number of likely N-dealkylation sites (tertiary alicyclic amines) is 1. The summed E-state index contributed by atoms with van der Waals surface area (Å²) < 4.78 is 0. The summed E-state index contributed by atoms with van der Waals surface area (Å²) in [5, 5.41) is 9.85. The first-order valence-electron chi connectivity index (χ1n) is 7.15. The zero-order chi connectivity index (χ0) is 11.9. The van der Waals surface area contributed by atoms with E-state index in [9.17, 15) is 5.11 Å². The van der Waals surface area contributed by atoms with Crippen molar-refractivity contribution in [3.05, 3.63) is 0 Å². The Kier molecular flexibility index (Phi) is 6.37. The lowest BCUT2D eigenvalue weighted by atomic mass is 9.91. The maximum Gasteiger partial charge on any atom is 0.0897 e. The van der Waals surface area contributed by atoms with E-state index in [0.29, 0.717) is 0 Å². The van der Waals surface area contributed by atoms with Crippen LogP contribution in [0.2, 0.25) is 0 Å². The average molecular weight is 227 g/mol. The summed E-state index contributed by atoms with van der Waals surface area (Å²) in [6.45, 7) is 7.33. The predicted molar refractivity (Wildman–Crippen MR) is 69.7 cm³/mol. The zero-order valence-electron chi connectivity index (χ0n) is 11.2. The molecule has 1 saturated heterocycles. The smallest absolute Gasteiger partial charge is 0.0897 e. The summed E-state index contributed by atoms with van der Waals surface area (Å²) in [7, 11) is 0. The minimum atomic E-state index is -0.346. The van der Waals surface area contributed by atoms with Gasteiger partial charge in [-0.3, -0.25) is 4.90 Å². The van der Waals surface area contributed by atoms with E-state index in [2.05, 4.69) is 18.7 Å². The Morgan fingerprint density at radius 1 is 0.938 bits per heavy atom. The lowest BCUT2D eigenvalue weighted by molar-refractivity contribution is -0.0995. The topological polar surface area (TPSA) is 23.5 Å². The maximum atomic E-state index is 9.85. The summed E-state index contributed by atoms with van der Waals surface area (Å²) in [5.41, 5.74) is -0.346. The van der Waals surface area contributed by atoms with Gasteiger partial charge >= 0.3 is 0 Å². The van der Waals surface area contributed by atoms with Gasteiger partial charge in [-0.1, -0.05) is 52.4 Å². The third kappa shape index (κ3) is 4.84. The van der Waals surface area contributed by atoms with E-state index in [-0.39, 0.29) is 5.60 Å². The standard InChI is InChI=1S/C14H29NO/c1-3-5-6-7-8-9-10-11-15-12-14(16,4-2)13-15/h16H,3-13H2,1-2H3. The summed E-state index contributed by atoms with van der Waals surface area (Å²) in [4.78, 5) is 2.38. The third-order valence-corrected chi connectivity index (χ3v) is 3.77. The van der Waals surface area contributed by atoms with Crippen molar-refractivity contribution in [2.24, 2.45) is 0 Å². The first kappa shape index (κ1) is 14.0. The van der Waals surface area contributed by atoms with Gasteiger partial charge in [0, 0.05) is 13.1 Å². The van der Waals surface area contributed by atoms with Crippen LogP contribution < -0.4 is 0 Å². The fourth-order valence-electron chi connectivity index (χ4n) is 2.46. The van der Waals surface area contributed by atoms with Crippen LogP contribution in [0.5, 0.6) is 0 Å². The van der Waals surface area contributed by atoms with Gasteiger partial charge in [0.15, 0.2) is 0 Å². The molecule has 0 saturated carbocycles. The molecule has 16 heavy (non-hydrogen) atoms. The molecule has 0 unspecified atom stereocenters. The Bertz CT molecular complexity index is 176. The van der Waals surface area contributed by atoms with Crippen LogP contribution in [-0.4, -0.2) is 35.2 Å². The molecule has 0 radical (unpaired) electrons. The summed E-state index contributed by atoms with van der Waals surface area (Å²) in [6, 6.07) is 0. The van der Waals surface area contributed by atoms with Gasteiger partial charge in [-0.15, -0.1) is 0 Å². The average Bonchev–Trinajstić information content (AvgIpc) is 2.25. The van der Waals surface area contributed by atoms with E-state index in [4.69, 9.17) is 0 Å². The first-order chi connectivity index (χ1) is 7.70. The largest absolute Gasteiger partial charge is 0.387 e. The first-order valence-corrected chi connectivity index (χ1v) is 7.15. The lowest BCUT2D eigenvalue weighted by Gasteiger charge is -2.46. The van der Waals surface area contributed by atoms with E-state index in [1.54, 1.807) is 0 Å². The quantitative estimate of drug-likeness (QED) is 0.611. The van der Waals surface area contributed by atoms with Crippen LogP contribution in [0.3, 0.4) is 0 Å². The zero-order valence-corrected chi connectivity index (χ0v) is 11.2. The highest BCUT2D eigenvalue weighted by atomic mass is 16.3. The van der Waals surface area contributed by atoms with Gasteiger partial charge in [-0.2, -0.15) is 0 Å². The predicted octanol–water partition coefficient (Wildman–Crippen LogP) is 3.19. The van der Waals surface area contributed by atoms with Crippen molar-refractivity contribution in [1.29, 1.82) is 0 Å². The highest BCUT2D eigenvalue weighted by Crippen LogP contribution is 2.24. The van der Waals surface area contributed by atoms with Crippen LogP contribution in [0.4, 0.5) is 0 Å². The molecule has 2 nitrogen and oxygen atoms in total. The van der Waals surface area contributed by atoms with Crippen molar-refractivity contribution >= 4 is 0 Å². The SMILES string of the molecule is CCCCCCCCCN1CC(O)(CC)C1. The van der Waals surface area contributed by atoms with Crippen LogP contribution in [0.1, 0.15) is 65.2 Å². The van der Waals surface area contributed by atoms with Crippen molar-refractivity contribution < 1.29 is 5.11 Å². The van der Waals surface area contributed by atoms with Gasteiger partial charge in [0.2, 0.25) is 0 Å². The minimum Gasteiger partial charge on any atom is -0.387 e. The van der Waals surface area contributed by atoms with E-state index >= 15 is 0 Å². The summed E-state index contributed by atoms with van der Waals surface area (Å²) >= 11 is 0. The molecule has 0 spiro atoms. The number of nitrogens with zero attached hydrogens (tertiary/aromatic N) is 1. The molecule has 1 aliphatic rings. The Morgan fingerprint density at radius 3 is 2.06 bits per heavy atom. The highest BCUT2D eigenvalue weighted by Gasteiger charge is 2.38. The van der Waals surface area contributed by atoms with Gasteiger partial charge in [-0.25, -0.2) is 0 Å². The molecule has 1 aliphatic heterocycles. The second-order valence-corrected chi connectivity index (χ2v) is 5.41.